The molecule has 1 aliphatic rings. The van der Waals surface area contributed by atoms with E-state index in [0.29, 0.717) is 0 Å². The molecule has 0 aromatic heterocycles. The van der Waals surface area contributed by atoms with Gasteiger partial charge in [0.15, 0.2) is 0 Å². The van der Waals surface area contributed by atoms with E-state index in [1.165, 1.54) is 64.2 Å². The Bertz CT molecular complexity index is 224. The van der Waals surface area contributed by atoms with Crippen molar-refractivity contribution in [1.82, 2.24) is 0 Å². The fourth-order valence-electron chi connectivity index (χ4n) is 3.03. The molecule has 104 valence electrons. The largest absolute Gasteiger partial charge is 0.0773 e. The molecule has 0 saturated heterocycles. The maximum absolute atomic E-state index is 2.39. The van der Waals surface area contributed by atoms with Gasteiger partial charge >= 0.3 is 0 Å². The molecule has 0 N–H and O–H groups in total. The normalized spacial score (nSPS) is 16.6. The van der Waals surface area contributed by atoms with Crippen LogP contribution in [0.15, 0.2) is 24.3 Å². The van der Waals surface area contributed by atoms with Gasteiger partial charge in [0.25, 0.3) is 0 Å². The lowest BCUT2D eigenvalue weighted by Gasteiger charge is -2.20. The van der Waals surface area contributed by atoms with Crippen LogP contribution in [-0.4, -0.2) is 0 Å². The Kier molecular flexibility index (Phi) is 8.98. The molecule has 1 rings (SSSR count). The number of rotatable bonds is 11. The molecule has 1 atom stereocenters. The summed E-state index contributed by atoms with van der Waals surface area (Å²) < 4.78 is 0. The number of unbranched alkanes of at least 4 members (excludes halogenated alkanes) is 6. The Morgan fingerprint density at radius 1 is 0.722 bits per heavy atom. The van der Waals surface area contributed by atoms with Crippen molar-refractivity contribution in [3.8, 4) is 0 Å². The van der Waals surface area contributed by atoms with Crippen LogP contribution in [0.4, 0.5) is 0 Å². The standard InChI is InChI=1S/C18H32/c1-3-5-6-7-8-9-10-14-17(13-4-2)18-15-11-12-16-18/h11-12,15-18H,3-10,13-14H2,1-2H3. The number of hydrogen-bond acceptors (Lipinski definition) is 0. The zero-order chi connectivity index (χ0) is 13.1. The topological polar surface area (TPSA) is 0 Å². The summed E-state index contributed by atoms with van der Waals surface area (Å²) in [4.78, 5) is 0. The quantitative estimate of drug-likeness (QED) is 0.377. The summed E-state index contributed by atoms with van der Waals surface area (Å²) in [6.45, 7) is 4.61. The lowest BCUT2D eigenvalue weighted by atomic mass is 9.85. The molecule has 1 aliphatic carbocycles. The van der Waals surface area contributed by atoms with Crippen LogP contribution < -0.4 is 0 Å². The van der Waals surface area contributed by atoms with Crippen molar-refractivity contribution in [3.63, 3.8) is 0 Å². The first-order valence-electron chi connectivity index (χ1n) is 8.23. The van der Waals surface area contributed by atoms with Crippen LogP contribution in [0.25, 0.3) is 0 Å². The van der Waals surface area contributed by atoms with E-state index >= 15 is 0 Å². The van der Waals surface area contributed by atoms with E-state index < -0.39 is 0 Å². The fourth-order valence-corrected chi connectivity index (χ4v) is 3.03. The second-order valence-electron chi connectivity index (χ2n) is 5.81. The lowest BCUT2D eigenvalue weighted by molar-refractivity contribution is 0.372. The van der Waals surface area contributed by atoms with Gasteiger partial charge in [-0.3, -0.25) is 0 Å². The van der Waals surface area contributed by atoms with Gasteiger partial charge in [-0.2, -0.15) is 0 Å². The van der Waals surface area contributed by atoms with Crippen molar-refractivity contribution in [3.05, 3.63) is 24.3 Å². The summed E-state index contributed by atoms with van der Waals surface area (Å²) in [5.74, 6) is 1.64. The van der Waals surface area contributed by atoms with Crippen molar-refractivity contribution in [2.75, 3.05) is 0 Å². The van der Waals surface area contributed by atoms with E-state index in [9.17, 15) is 0 Å². The fraction of sp³-hybridized carbons (Fsp3) is 0.778. The van der Waals surface area contributed by atoms with E-state index in [1.807, 2.05) is 0 Å². The summed E-state index contributed by atoms with van der Waals surface area (Å²) in [6, 6.07) is 0. The first-order chi connectivity index (χ1) is 8.88. The van der Waals surface area contributed by atoms with Crippen molar-refractivity contribution in [2.24, 2.45) is 11.8 Å². The minimum Gasteiger partial charge on any atom is -0.0773 e. The maximum atomic E-state index is 2.39. The first-order valence-corrected chi connectivity index (χ1v) is 8.23. The highest BCUT2D eigenvalue weighted by molar-refractivity contribution is 5.18. The van der Waals surface area contributed by atoms with E-state index in [4.69, 9.17) is 0 Å². The van der Waals surface area contributed by atoms with Crippen LogP contribution in [0.5, 0.6) is 0 Å². The molecular formula is C18H32. The molecule has 0 amide bonds. The van der Waals surface area contributed by atoms with Crippen molar-refractivity contribution >= 4 is 0 Å². The minimum atomic E-state index is 0.741. The summed E-state index contributed by atoms with van der Waals surface area (Å²) in [5, 5.41) is 0. The van der Waals surface area contributed by atoms with Crippen LogP contribution in [0.1, 0.15) is 78.1 Å². The molecule has 18 heavy (non-hydrogen) atoms. The molecule has 0 heteroatoms. The highest BCUT2D eigenvalue weighted by Crippen LogP contribution is 2.28. The number of hydrogen-bond donors (Lipinski definition) is 0. The Morgan fingerprint density at radius 2 is 1.33 bits per heavy atom. The predicted molar refractivity (Wildman–Crippen MR) is 82.8 cm³/mol. The van der Waals surface area contributed by atoms with E-state index in [2.05, 4.69) is 38.2 Å². The average Bonchev–Trinajstić information content (AvgIpc) is 2.90. The smallest absolute Gasteiger partial charge is 0.00190 e. The van der Waals surface area contributed by atoms with E-state index in [1.54, 1.807) is 0 Å². The Balaban J connectivity index is 2.06. The lowest BCUT2D eigenvalue weighted by Crippen LogP contribution is -2.09. The van der Waals surface area contributed by atoms with Gasteiger partial charge < -0.3 is 0 Å². The van der Waals surface area contributed by atoms with Gasteiger partial charge in [-0.1, -0.05) is 89.5 Å². The second-order valence-corrected chi connectivity index (χ2v) is 5.81. The Labute approximate surface area is 115 Å². The summed E-state index contributed by atoms with van der Waals surface area (Å²) in [6.07, 6.45) is 23.4. The van der Waals surface area contributed by atoms with Crippen molar-refractivity contribution < 1.29 is 0 Å². The second kappa shape index (κ2) is 10.4. The van der Waals surface area contributed by atoms with E-state index in [-0.39, 0.29) is 0 Å². The molecule has 0 saturated carbocycles. The molecule has 0 fully saturated rings. The molecule has 0 aromatic carbocycles. The average molecular weight is 248 g/mol. The summed E-state index contributed by atoms with van der Waals surface area (Å²) in [7, 11) is 0. The van der Waals surface area contributed by atoms with Crippen LogP contribution in [0.2, 0.25) is 0 Å². The highest BCUT2D eigenvalue weighted by Gasteiger charge is 2.16. The summed E-state index contributed by atoms with van der Waals surface area (Å²) >= 11 is 0. The van der Waals surface area contributed by atoms with Gasteiger partial charge in [-0.25, -0.2) is 0 Å². The van der Waals surface area contributed by atoms with E-state index in [0.717, 1.165) is 11.8 Å². The molecule has 0 aliphatic heterocycles. The predicted octanol–water partition coefficient (Wildman–Crippen LogP) is 6.29. The molecular weight excluding hydrogens is 216 g/mol. The Morgan fingerprint density at radius 3 is 1.94 bits per heavy atom. The third-order valence-electron chi connectivity index (χ3n) is 4.16. The van der Waals surface area contributed by atoms with Gasteiger partial charge in [-0.05, 0) is 24.7 Å². The number of allylic oxidation sites excluding steroid dienone is 4. The monoisotopic (exact) mass is 248 g/mol. The van der Waals surface area contributed by atoms with Gasteiger partial charge in [0.05, 0.1) is 0 Å². The van der Waals surface area contributed by atoms with Gasteiger partial charge in [0.1, 0.15) is 0 Å². The molecule has 0 nitrogen and oxygen atoms in total. The SMILES string of the molecule is CCCCCCCCCC(CCC)C1C=CC=C1. The first kappa shape index (κ1) is 15.5. The van der Waals surface area contributed by atoms with Crippen LogP contribution in [0, 0.1) is 11.8 Å². The molecule has 0 heterocycles. The third kappa shape index (κ3) is 6.42. The van der Waals surface area contributed by atoms with Crippen molar-refractivity contribution in [1.29, 1.82) is 0 Å². The summed E-state index contributed by atoms with van der Waals surface area (Å²) in [5.41, 5.74) is 0. The molecule has 0 radical (unpaired) electrons. The third-order valence-corrected chi connectivity index (χ3v) is 4.16. The Hall–Kier alpha value is -0.520. The molecule has 0 spiro atoms. The van der Waals surface area contributed by atoms with Gasteiger partial charge in [-0.15, -0.1) is 0 Å². The molecule has 1 unspecified atom stereocenters. The highest BCUT2D eigenvalue weighted by atomic mass is 14.2. The van der Waals surface area contributed by atoms with Crippen LogP contribution >= 0.6 is 0 Å². The molecule has 0 bridgehead atoms. The zero-order valence-electron chi connectivity index (χ0n) is 12.5. The van der Waals surface area contributed by atoms with Gasteiger partial charge in [0.2, 0.25) is 0 Å². The van der Waals surface area contributed by atoms with Crippen LogP contribution in [0.3, 0.4) is 0 Å². The maximum Gasteiger partial charge on any atom is -0.00190 e. The zero-order valence-corrected chi connectivity index (χ0v) is 12.5. The van der Waals surface area contributed by atoms with Crippen LogP contribution in [-0.2, 0) is 0 Å². The van der Waals surface area contributed by atoms with Gasteiger partial charge in [0, 0.05) is 0 Å². The minimum absolute atomic E-state index is 0.741. The molecule has 0 aromatic rings. The van der Waals surface area contributed by atoms with Crippen molar-refractivity contribution in [2.45, 2.75) is 78.1 Å².